The number of Topliss-reactive ketones (excluding diaryl/α,β-unsaturated/α-hetero) is 1. The largest absolute Gasteiger partial charge is 0.426 e. The number of para-hydroxylation sites is 1. The lowest BCUT2D eigenvalue weighted by atomic mass is 10.1. The van der Waals surface area contributed by atoms with Gasteiger partial charge in [-0.1, -0.05) is 44.7 Å². The van der Waals surface area contributed by atoms with Gasteiger partial charge in [-0.25, -0.2) is 0 Å². The van der Waals surface area contributed by atoms with Gasteiger partial charge in [0.2, 0.25) is 0 Å². The van der Waals surface area contributed by atoms with E-state index in [4.69, 9.17) is 10.5 Å². The van der Waals surface area contributed by atoms with Crippen LogP contribution in [0.15, 0.2) is 24.3 Å². The van der Waals surface area contributed by atoms with Crippen LogP contribution in [0.5, 0.6) is 5.75 Å². The van der Waals surface area contributed by atoms with E-state index in [2.05, 4.69) is 6.92 Å². The van der Waals surface area contributed by atoms with Crippen LogP contribution in [0.2, 0.25) is 0 Å². The summed E-state index contributed by atoms with van der Waals surface area (Å²) in [4.78, 5) is 23.4. The lowest BCUT2D eigenvalue weighted by Crippen LogP contribution is -2.16. The number of ether oxygens (including phenoxy) is 1. The molecule has 2 N–H and O–H groups in total. The van der Waals surface area contributed by atoms with Crippen molar-refractivity contribution < 1.29 is 14.3 Å². The van der Waals surface area contributed by atoms with Gasteiger partial charge in [-0.2, -0.15) is 0 Å². The Morgan fingerprint density at radius 1 is 1.10 bits per heavy atom. The number of carbonyl (C=O) groups is 2. The van der Waals surface area contributed by atoms with Gasteiger partial charge in [0.15, 0.2) is 5.78 Å². The lowest BCUT2D eigenvalue weighted by Gasteiger charge is -2.08. The number of nitrogens with two attached hydrogens (primary N) is 1. The molecule has 4 heteroatoms. The summed E-state index contributed by atoms with van der Waals surface area (Å²) in [5.74, 6) is -0.211. The van der Waals surface area contributed by atoms with Crippen molar-refractivity contribution in [2.24, 2.45) is 5.73 Å². The number of rotatable bonds is 9. The third-order valence-electron chi connectivity index (χ3n) is 3.08. The number of hydrogen-bond donors (Lipinski definition) is 1. The van der Waals surface area contributed by atoms with Crippen LogP contribution in [-0.4, -0.2) is 18.3 Å². The summed E-state index contributed by atoms with van der Waals surface area (Å²) < 4.78 is 5.26. The highest BCUT2D eigenvalue weighted by Gasteiger charge is 2.13. The number of benzene rings is 1. The van der Waals surface area contributed by atoms with E-state index in [0.29, 0.717) is 17.7 Å². The summed E-state index contributed by atoms with van der Waals surface area (Å²) in [5, 5.41) is 0. The molecule has 1 rings (SSSR count). The lowest BCUT2D eigenvalue weighted by molar-refractivity contribution is -0.134. The second kappa shape index (κ2) is 9.26. The van der Waals surface area contributed by atoms with Gasteiger partial charge in [0.25, 0.3) is 0 Å². The molecule has 110 valence electrons. The minimum Gasteiger partial charge on any atom is -0.426 e. The van der Waals surface area contributed by atoms with Crippen LogP contribution in [0.3, 0.4) is 0 Å². The van der Waals surface area contributed by atoms with E-state index in [1.54, 1.807) is 24.3 Å². The van der Waals surface area contributed by atoms with E-state index in [9.17, 15) is 9.59 Å². The number of unbranched alkanes of at least 4 members (excludes halogenated alkanes) is 4. The van der Waals surface area contributed by atoms with Gasteiger partial charge in [-0.05, 0) is 18.6 Å². The van der Waals surface area contributed by atoms with Crippen LogP contribution in [0.4, 0.5) is 0 Å². The topological polar surface area (TPSA) is 69.4 Å². The molecule has 0 bridgehead atoms. The van der Waals surface area contributed by atoms with Crippen molar-refractivity contribution in [2.45, 2.75) is 45.4 Å². The Kier molecular flexibility index (Phi) is 7.58. The highest BCUT2D eigenvalue weighted by molar-refractivity contribution is 6.00. The van der Waals surface area contributed by atoms with Crippen molar-refractivity contribution in [1.29, 1.82) is 0 Å². The average molecular weight is 277 g/mol. The first kappa shape index (κ1) is 16.4. The molecule has 0 spiro atoms. The third kappa shape index (κ3) is 5.53. The third-order valence-corrected chi connectivity index (χ3v) is 3.08. The zero-order valence-corrected chi connectivity index (χ0v) is 12.1. The van der Waals surface area contributed by atoms with E-state index in [0.717, 1.165) is 19.3 Å². The van der Waals surface area contributed by atoms with Crippen LogP contribution in [0.1, 0.15) is 55.8 Å². The Morgan fingerprint density at radius 3 is 2.50 bits per heavy atom. The molecule has 0 fully saturated rings. The van der Waals surface area contributed by atoms with Crippen LogP contribution in [-0.2, 0) is 4.79 Å². The van der Waals surface area contributed by atoms with Crippen molar-refractivity contribution in [2.75, 3.05) is 6.54 Å². The van der Waals surface area contributed by atoms with Gasteiger partial charge < -0.3 is 10.5 Å². The molecule has 0 radical (unpaired) electrons. The first-order valence-electron chi connectivity index (χ1n) is 7.22. The first-order valence-corrected chi connectivity index (χ1v) is 7.22. The molecule has 0 aromatic heterocycles. The molecular formula is C16H23NO3. The molecule has 0 amide bonds. The summed E-state index contributed by atoms with van der Waals surface area (Å²) in [7, 11) is 0. The molecule has 4 nitrogen and oxygen atoms in total. The fourth-order valence-electron chi connectivity index (χ4n) is 1.94. The van der Waals surface area contributed by atoms with Crippen molar-refractivity contribution in [3.05, 3.63) is 29.8 Å². The molecule has 0 unspecified atom stereocenters. The van der Waals surface area contributed by atoms with E-state index >= 15 is 0 Å². The Hall–Kier alpha value is -1.68. The van der Waals surface area contributed by atoms with E-state index in [1.807, 2.05) is 0 Å². The average Bonchev–Trinajstić information content (AvgIpc) is 2.47. The first-order chi connectivity index (χ1) is 9.69. The number of carbonyl (C=O) groups excluding carboxylic acids is 2. The molecule has 1 aromatic rings. The Balaban J connectivity index is 2.47. The molecule has 1 aromatic carbocycles. The standard InChI is InChI=1S/C16H23NO3/c1-2-3-4-5-6-11-16(19)20-15-10-8-7-9-13(15)14(18)12-17/h7-10H,2-6,11-12,17H2,1H3. The van der Waals surface area contributed by atoms with Gasteiger partial charge in [-0.3, -0.25) is 9.59 Å². The predicted molar refractivity (Wildman–Crippen MR) is 78.8 cm³/mol. The Labute approximate surface area is 120 Å². The maximum Gasteiger partial charge on any atom is 0.311 e. The summed E-state index contributed by atoms with van der Waals surface area (Å²) in [6.07, 6.45) is 5.76. The fraction of sp³-hybridized carbons (Fsp3) is 0.500. The van der Waals surface area contributed by atoms with Gasteiger partial charge in [-0.15, -0.1) is 0 Å². The SMILES string of the molecule is CCCCCCCC(=O)Oc1ccccc1C(=O)CN. The highest BCUT2D eigenvalue weighted by atomic mass is 16.5. The Bertz CT molecular complexity index is 443. The predicted octanol–water partition coefficient (Wildman–Crippen LogP) is 3.09. The minimum absolute atomic E-state index is 0.0917. The smallest absolute Gasteiger partial charge is 0.311 e. The Morgan fingerprint density at radius 2 is 1.80 bits per heavy atom. The molecule has 0 aliphatic heterocycles. The normalized spacial score (nSPS) is 10.3. The number of ketones is 1. The second-order valence-electron chi connectivity index (χ2n) is 4.76. The van der Waals surface area contributed by atoms with E-state index in [1.165, 1.54) is 12.8 Å². The summed E-state index contributed by atoms with van der Waals surface area (Å²) in [6, 6.07) is 6.71. The maximum atomic E-state index is 11.7. The highest BCUT2D eigenvalue weighted by Crippen LogP contribution is 2.19. The number of hydrogen-bond acceptors (Lipinski definition) is 4. The van der Waals surface area contributed by atoms with Gasteiger partial charge >= 0.3 is 5.97 Å². The maximum absolute atomic E-state index is 11.7. The zero-order chi connectivity index (χ0) is 14.8. The number of esters is 1. The quantitative estimate of drug-likeness (QED) is 0.326. The van der Waals surface area contributed by atoms with Crippen LogP contribution < -0.4 is 10.5 Å². The molecular weight excluding hydrogens is 254 g/mol. The molecule has 0 atom stereocenters. The van der Waals surface area contributed by atoms with Gasteiger partial charge in [0, 0.05) is 6.42 Å². The summed E-state index contributed by atoms with van der Waals surface area (Å²) >= 11 is 0. The van der Waals surface area contributed by atoms with Crippen LogP contribution in [0, 0.1) is 0 Å². The molecule has 0 saturated carbocycles. The van der Waals surface area contributed by atoms with Gasteiger partial charge in [0.1, 0.15) is 5.75 Å². The van der Waals surface area contributed by atoms with E-state index in [-0.39, 0.29) is 18.3 Å². The van der Waals surface area contributed by atoms with Crippen molar-refractivity contribution >= 4 is 11.8 Å². The molecule has 0 aliphatic rings. The van der Waals surface area contributed by atoms with Crippen molar-refractivity contribution in [3.8, 4) is 5.75 Å². The van der Waals surface area contributed by atoms with Crippen LogP contribution in [0.25, 0.3) is 0 Å². The van der Waals surface area contributed by atoms with Crippen molar-refractivity contribution in [3.63, 3.8) is 0 Å². The van der Waals surface area contributed by atoms with Crippen molar-refractivity contribution in [1.82, 2.24) is 0 Å². The van der Waals surface area contributed by atoms with Crippen LogP contribution >= 0.6 is 0 Å². The molecule has 0 heterocycles. The molecule has 0 aliphatic carbocycles. The van der Waals surface area contributed by atoms with E-state index < -0.39 is 0 Å². The summed E-state index contributed by atoms with van der Waals surface area (Å²) in [6.45, 7) is 2.06. The van der Waals surface area contributed by atoms with Gasteiger partial charge in [0.05, 0.1) is 12.1 Å². The monoisotopic (exact) mass is 277 g/mol. The second-order valence-corrected chi connectivity index (χ2v) is 4.76. The molecule has 20 heavy (non-hydrogen) atoms. The zero-order valence-electron chi connectivity index (χ0n) is 12.1. The fourth-order valence-corrected chi connectivity index (χ4v) is 1.94. The minimum atomic E-state index is -0.293. The summed E-state index contributed by atoms with van der Waals surface area (Å²) in [5.41, 5.74) is 5.71. The molecule has 0 saturated heterocycles.